The molecule has 0 aliphatic carbocycles. The monoisotopic (exact) mass is 318 g/mol. The smallest absolute Gasteiger partial charge is 0.373 e. The maximum Gasteiger partial charge on any atom is 0.433 e. The highest BCUT2D eigenvalue weighted by Crippen LogP contribution is 2.33. The van der Waals surface area contributed by atoms with Crippen LogP contribution < -0.4 is 5.32 Å². The molecule has 2 rings (SSSR count). The first-order chi connectivity index (χ1) is 9.77. The maximum absolute atomic E-state index is 12.6. The molecule has 1 N–H and O–H groups in total. The van der Waals surface area contributed by atoms with E-state index in [9.17, 15) is 23.3 Å². The van der Waals surface area contributed by atoms with Crippen LogP contribution in [0.5, 0.6) is 0 Å². The van der Waals surface area contributed by atoms with Crippen LogP contribution in [0.15, 0.2) is 18.5 Å². The van der Waals surface area contributed by atoms with Gasteiger partial charge in [0.05, 0.1) is 11.5 Å². The Kier molecular flexibility index (Phi) is 4.07. The summed E-state index contributed by atoms with van der Waals surface area (Å²) >= 11 is 1.35. The van der Waals surface area contributed by atoms with Crippen molar-refractivity contribution < 1.29 is 18.1 Å². The molecule has 0 aliphatic rings. The number of hydrogen-bond donors (Lipinski definition) is 1. The van der Waals surface area contributed by atoms with E-state index in [1.54, 1.807) is 6.20 Å². The molecule has 2 aromatic rings. The molecule has 10 heteroatoms. The SMILES string of the molecule is Cc1cnc(CNc2cc(C(F)(F)F)ncc2[N+](=O)[O-])s1. The quantitative estimate of drug-likeness (QED) is 0.690. The Hall–Kier alpha value is -2.23. The Morgan fingerprint density at radius 3 is 2.62 bits per heavy atom. The van der Waals surface area contributed by atoms with Gasteiger partial charge in [-0.25, -0.2) is 9.97 Å². The average molecular weight is 318 g/mol. The minimum absolute atomic E-state index is 0.0979. The van der Waals surface area contributed by atoms with E-state index in [0.717, 1.165) is 4.88 Å². The molecule has 0 amide bonds. The number of rotatable bonds is 4. The number of thiazole rings is 1. The van der Waals surface area contributed by atoms with Crippen molar-refractivity contribution in [2.75, 3.05) is 5.32 Å². The van der Waals surface area contributed by atoms with Gasteiger partial charge in [0.25, 0.3) is 0 Å². The van der Waals surface area contributed by atoms with Gasteiger partial charge in [-0.3, -0.25) is 10.1 Å². The summed E-state index contributed by atoms with van der Waals surface area (Å²) in [7, 11) is 0. The number of halogens is 3. The van der Waals surface area contributed by atoms with E-state index in [1.807, 2.05) is 6.92 Å². The van der Waals surface area contributed by atoms with Crippen LogP contribution in [-0.2, 0) is 12.7 Å². The van der Waals surface area contributed by atoms with Crippen LogP contribution in [-0.4, -0.2) is 14.9 Å². The molecule has 0 radical (unpaired) electrons. The summed E-state index contributed by atoms with van der Waals surface area (Å²) in [4.78, 5) is 18.1. The highest BCUT2D eigenvalue weighted by molar-refractivity contribution is 7.11. The third-order valence-corrected chi connectivity index (χ3v) is 3.38. The molecule has 0 saturated heterocycles. The van der Waals surface area contributed by atoms with Gasteiger partial charge >= 0.3 is 11.9 Å². The van der Waals surface area contributed by atoms with Gasteiger partial charge in [0.2, 0.25) is 0 Å². The highest BCUT2D eigenvalue weighted by Gasteiger charge is 2.34. The first kappa shape index (κ1) is 15.2. The second-order valence-corrected chi connectivity index (χ2v) is 5.38. The zero-order valence-corrected chi connectivity index (χ0v) is 11.5. The molecule has 2 aromatic heterocycles. The number of nitrogens with one attached hydrogen (secondary N) is 1. The van der Waals surface area contributed by atoms with Crippen molar-refractivity contribution in [3.8, 4) is 0 Å². The lowest BCUT2D eigenvalue weighted by Gasteiger charge is -2.09. The molecule has 0 saturated carbocycles. The standard InChI is InChI=1S/C11H9F3N4O2S/c1-6-3-17-10(21-6)5-15-7-2-9(11(12,13)14)16-4-8(7)18(19)20/h2-4H,5H2,1H3,(H,15,16). The Morgan fingerprint density at radius 1 is 1.38 bits per heavy atom. The number of pyridine rings is 1. The summed E-state index contributed by atoms with van der Waals surface area (Å²) in [5.74, 6) is 0. The zero-order chi connectivity index (χ0) is 15.6. The predicted octanol–water partition coefficient (Wildman–Crippen LogP) is 3.39. The summed E-state index contributed by atoms with van der Waals surface area (Å²) in [6, 6.07) is 0.624. The lowest BCUT2D eigenvalue weighted by atomic mass is 10.2. The van der Waals surface area contributed by atoms with Crippen molar-refractivity contribution in [3.05, 3.63) is 44.2 Å². The fourth-order valence-corrected chi connectivity index (χ4v) is 2.27. The van der Waals surface area contributed by atoms with Crippen molar-refractivity contribution in [1.82, 2.24) is 9.97 Å². The molecule has 6 nitrogen and oxygen atoms in total. The molecule has 0 fully saturated rings. The topological polar surface area (TPSA) is 81.0 Å². The molecule has 0 unspecified atom stereocenters. The number of alkyl halides is 3. The predicted molar refractivity (Wildman–Crippen MR) is 70.1 cm³/mol. The van der Waals surface area contributed by atoms with Crippen molar-refractivity contribution >= 4 is 22.7 Å². The lowest BCUT2D eigenvalue weighted by molar-refractivity contribution is -0.384. The van der Waals surface area contributed by atoms with Gasteiger partial charge in [-0.15, -0.1) is 11.3 Å². The zero-order valence-electron chi connectivity index (χ0n) is 10.6. The first-order valence-corrected chi connectivity index (χ1v) is 6.46. The fourth-order valence-electron chi connectivity index (χ4n) is 1.54. The van der Waals surface area contributed by atoms with E-state index < -0.39 is 22.5 Å². The van der Waals surface area contributed by atoms with E-state index in [1.165, 1.54) is 11.3 Å². The third-order valence-electron chi connectivity index (χ3n) is 2.47. The van der Waals surface area contributed by atoms with Gasteiger partial charge in [0, 0.05) is 11.1 Å². The summed E-state index contributed by atoms with van der Waals surface area (Å²) in [5, 5.41) is 14.1. The molecular weight excluding hydrogens is 309 g/mol. The summed E-state index contributed by atoms with van der Waals surface area (Å²) in [5.41, 5.74) is -1.95. The number of nitro groups is 1. The van der Waals surface area contributed by atoms with Crippen LogP contribution >= 0.6 is 11.3 Å². The Morgan fingerprint density at radius 2 is 2.10 bits per heavy atom. The Balaban J connectivity index is 2.28. The molecule has 0 bridgehead atoms. The maximum atomic E-state index is 12.6. The third kappa shape index (κ3) is 3.66. The van der Waals surface area contributed by atoms with Crippen LogP contribution in [0.4, 0.5) is 24.5 Å². The van der Waals surface area contributed by atoms with Crippen molar-refractivity contribution in [1.29, 1.82) is 0 Å². The van der Waals surface area contributed by atoms with Crippen LogP contribution in [0.3, 0.4) is 0 Å². The number of aromatic nitrogens is 2. The largest absolute Gasteiger partial charge is 0.433 e. The molecular formula is C11H9F3N4O2S. The van der Waals surface area contributed by atoms with E-state index in [4.69, 9.17) is 0 Å². The van der Waals surface area contributed by atoms with Gasteiger partial charge in [-0.1, -0.05) is 0 Å². The molecule has 0 atom stereocenters. The van der Waals surface area contributed by atoms with Crippen LogP contribution in [0.2, 0.25) is 0 Å². The summed E-state index contributed by atoms with van der Waals surface area (Å²) in [6.45, 7) is 1.93. The Bertz CT molecular complexity index is 672. The van der Waals surface area contributed by atoms with Crippen LogP contribution in [0.25, 0.3) is 0 Å². The van der Waals surface area contributed by atoms with E-state index in [-0.39, 0.29) is 12.2 Å². The van der Waals surface area contributed by atoms with E-state index in [2.05, 4.69) is 15.3 Å². The van der Waals surface area contributed by atoms with Crippen molar-refractivity contribution in [2.45, 2.75) is 19.6 Å². The van der Waals surface area contributed by atoms with E-state index in [0.29, 0.717) is 17.3 Å². The average Bonchev–Trinajstić information content (AvgIpc) is 2.80. The van der Waals surface area contributed by atoms with Gasteiger partial charge in [0.1, 0.15) is 22.6 Å². The number of anilines is 1. The molecule has 21 heavy (non-hydrogen) atoms. The summed E-state index contributed by atoms with van der Waals surface area (Å²) < 4.78 is 37.8. The van der Waals surface area contributed by atoms with Crippen LogP contribution in [0.1, 0.15) is 15.6 Å². The molecule has 0 aliphatic heterocycles. The molecule has 0 spiro atoms. The second-order valence-electron chi connectivity index (χ2n) is 4.06. The minimum atomic E-state index is -4.66. The number of nitrogens with zero attached hydrogens (tertiary/aromatic N) is 3. The van der Waals surface area contributed by atoms with Gasteiger partial charge in [-0.2, -0.15) is 13.2 Å². The van der Waals surface area contributed by atoms with Gasteiger partial charge in [0.15, 0.2) is 0 Å². The number of hydrogen-bond acceptors (Lipinski definition) is 6. The summed E-state index contributed by atoms with van der Waals surface area (Å²) in [6.07, 6.45) is -2.45. The molecule has 2 heterocycles. The lowest BCUT2D eigenvalue weighted by Crippen LogP contribution is -2.10. The normalized spacial score (nSPS) is 11.4. The van der Waals surface area contributed by atoms with Crippen LogP contribution in [0, 0.1) is 17.0 Å². The Labute approximate surface area is 120 Å². The molecule has 112 valence electrons. The number of aryl methyl sites for hydroxylation is 1. The fraction of sp³-hybridized carbons (Fsp3) is 0.273. The van der Waals surface area contributed by atoms with Gasteiger partial charge in [-0.05, 0) is 13.0 Å². The van der Waals surface area contributed by atoms with E-state index >= 15 is 0 Å². The van der Waals surface area contributed by atoms with Crippen molar-refractivity contribution in [3.63, 3.8) is 0 Å². The first-order valence-electron chi connectivity index (χ1n) is 5.64. The highest BCUT2D eigenvalue weighted by atomic mass is 32.1. The second kappa shape index (κ2) is 5.64. The molecule has 0 aromatic carbocycles. The minimum Gasteiger partial charge on any atom is -0.373 e. The van der Waals surface area contributed by atoms with Crippen molar-refractivity contribution in [2.24, 2.45) is 0 Å². The van der Waals surface area contributed by atoms with Gasteiger partial charge < -0.3 is 5.32 Å².